The van der Waals surface area contributed by atoms with Gasteiger partial charge >= 0.3 is 0 Å². The summed E-state index contributed by atoms with van der Waals surface area (Å²) in [5.41, 5.74) is 6.89. The zero-order valence-electron chi connectivity index (χ0n) is 10.2. The van der Waals surface area contributed by atoms with Crippen LogP contribution in [0.5, 0.6) is 5.75 Å². The molecule has 4 nitrogen and oxygen atoms in total. The van der Waals surface area contributed by atoms with E-state index in [4.69, 9.17) is 10.5 Å². The third-order valence-corrected chi connectivity index (χ3v) is 3.94. The molecule has 0 spiro atoms. The minimum atomic E-state index is 0.595. The molecule has 2 heterocycles. The Hall–Kier alpha value is -1.29. The van der Waals surface area contributed by atoms with Crippen molar-refractivity contribution in [3.8, 4) is 5.75 Å². The predicted octanol–water partition coefficient (Wildman–Crippen LogP) is 1.41. The molecular formula is C13H19N3O. The summed E-state index contributed by atoms with van der Waals surface area (Å²) >= 11 is 0. The Labute approximate surface area is 102 Å². The van der Waals surface area contributed by atoms with Gasteiger partial charge in [0.15, 0.2) is 0 Å². The van der Waals surface area contributed by atoms with E-state index in [1.165, 1.54) is 18.5 Å². The lowest BCUT2D eigenvalue weighted by molar-refractivity contribution is 0.412. The summed E-state index contributed by atoms with van der Waals surface area (Å²) in [5, 5.41) is 0. The monoisotopic (exact) mass is 233 g/mol. The van der Waals surface area contributed by atoms with Crippen LogP contribution in [0.2, 0.25) is 0 Å². The van der Waals surface area contributed by atoms with E-state index in [9.17, 15) is 0 Å². The molecule has 0 amide bonds. The largest absolute Gasteiger partial charge is 0.495 e. The Bertz CT molecular complexity index is 409. The van der Waals surface area contributed by atoms with Gasteiger partial charge in [0.05, 0.1) is 25.2 Å². The van der Waals surface area contributed by atoms with Crippen LogP contribution in [0.25, 0.3) is 0 Å². The van der Waals surface area contributed by atoms with Gasteiger partial charge in [-0.2, -0.15) is 0 Å². The van der Waals surface area contributed by atoms with E-state index in [1.807, 2.05) is 6.20 Å². The minimum absolute atomic E-state index is 0.595. The Kier molecular flexibility index (Phi) is 2.67. The zero-order chi connectivity index (χ0) is 11.8. The van der Waals surface area contributed by atoms with E-state index in [-0.39, 0.29) is 0 Å². The first-order chi connectivity index (χ1) is 8.33. The summed E-state index contributed by atoms with van der Waals surface area (Å²) in [5.74, 6) is 1.72. The second kappa shape index (κ2) is 4.18. The summed E-state index contributed by atoms with van der Waals surface area (Å²) in [6, 6.07) is 3.40. The van der Waals surface area contributed by atoms with Crippen molar-refractivity contribution in [3.63, 3.8) is 0 Å². The third kappa shape index (κ3) is 1.86. The normalized spacial score (nSPS) is 30.2. The lowest BCUT2D eigenvalue weighted by Crippen LogP contribution is -2.34. The molecule has 1 aliphatic carbocycles. The molecule has 4 heteroatoms. The van der Waals surface area contributed by atoms with Gasteiger partial charge in [-0.15, -0.1) is 0 Å². The number of rotatable bonds is 4. The van der Waals surface area contributed by atoms with Crippen LogP contribution in [0.15, 0.2) is 18.5 Å². The number of fused-ring (bicyclic) bond motifs is 1. The molecule has 0 bridgehead atoms. The average molecular weight is 233 g/mol. The van der Waals surface area contributed by atoms with Crippen molar-refractivity contribution >= 4 is 5.69 Å². The van der Waals surface area contributed by atoms with Crippen molar-refractivity contribution in [3.05, 3.63) is 18.5 Å². The Morgan fingerprint density at radius 3 is 3.12 bits per heavy atom. The van der Waals surface area contributed by atoms with Crippen molar-refractivity contribution < 1.29 is 4.74 Å². The fourth-order valence-electron chi connectivity index (χ4n) is 3.07. The van der Waals surface area contributed by atoms with Gasteiger partial charge in [0.2, 0.25) is 0 Å². The molecule has 2 aliphatic rings. The third-order valence-electron chi connectivity index (χ3n) is 3.94. The number of aromatic nitrogens is 1. The molecule has 1 aliphatic heterocycles. The summed E-state index contributed by atoms with van der Waals surface area (Å²) in [6.45, 7) is 0.762. The Morgan fingerprint density at radius 2 is 2.35 bits per heavy atom. The van der Waals surface area contributed by atoms with E-state index in [0.29, 0.717) is 6.04 Å². The van der Waals surface area contributed by atoms with Gasteiger partial charge in [-0.1, -0.05) is 0 Å². The molecule has 17 heavy (non-hydrogen) atoms. The average Bonchev–Trinajstić information content (AvgIpc) is 3.02. The topological polar surface area (TPSA) is 51.4 Å². The van der Waals surface area contributed by atoms with Gasteiger partial charge in [-0.25, -0.2) is 0 Å². The molecule has 1 saturated carbocycles. The van der Waals surface area contributed by atoms with Crippen LogP contribution in [0.4, 0.5) is 5.69 Å². The number of hydrogen-bond acceptors (Lipinski definition) is 4. The first kappa shape index (κ1) is 10.8. The number of hydrogen-bond donors (Lipinski definition) is 1. The van der Waals surface area contributed by atoms with Crippen LogP contribution in [0, 0.1) is 5.92 Å². The Balaban J connectivity index is 1.85. The number of pyridine rings is 1. The molecule has 3 rings (SSSR count). The fraction of sp³-hybridized carbons (Fsp3) is 0.615. The summed E-state index contributed by atoms with van der Waals surface area (Å²) in [6.07, 6.45) is 7.39. The van der Waals surface area contributed by atoms with E-state index < -0.39 is 0 Å². The second-order valence-corrected chi connectivity index (χ2v) is 5.02. The zero-order valence-corrected chi connectivity index (χ0v) is 10.2. The van der Waals surface area contributed by atoms with Gasteiger partial charge in [-0.05, 0) is 31.7 Å². The van der Waals surface area contributed by atoms with Gasteiger partial charge in [0.25, 0.3) is 0 Å². The molecule has 3 atom stereocenters. The molecule has 0 aromatic carbocycles. The SMILES string of the molecule is COc1cncc(N2C(CCN)CC3CC32)c1. The molecule has 2 N–H and O–H groups in total. The van der Waals surface area contributed by atoms with Crippen LogP contribution in [0.3, 0.4) is 0 Å². The number of nitrogens with zero attached hydrogens (tertiary/aromatic N) is 2. The Morgan fingerprint density at radius 1 is 1.47 bits per heavy atom. The highest BCUT2D eigenvalue weighted by molar-refractivity contribution is 5.53. The number of piperidine rings is 1. The smallest absolute Gasteiger partial charge is 0.139 e. The minimum Gasteiger partial charge on any atom is -0.495 e. The quantitative estimate of drug-likeness (QED) is 0.854. The van der Waals surface area contributed by atoms with Crippen molar-refractivity contribution in [2.24, 2.45) is 11.7 Å². The highest BCUT2D eigenvalue weighted by Gasteiger charge is 2.51. The van der Waals surface area contributed by atoms with E-state index in [2.05, 4.69) is 16.0 Å². The van der Waals surface area contributed by atoms with Gasteiger partial charge < -0.3 is 15.4 Å². The summed E-state index contributed by atoms with van der Waals surface area (Å²) < 4.78 is 5.24. The van der Waals surface area contributed by atoms with Crippen LogP contribution in [0.1, 0.15) is 19.3 Å². The molecule has 92 valence electrons. The second-order valence-electron chi connectivity index (χ2n) is 5.02. The van der Waals surface area contributed by atoms with Crippen molar-refractivity contribution in [2.45, 2.75) is 31.3 Å². The molecule has 1 aromatic rings. The van der Waals surface area contributed by atoms with E-state index in [1.54, 1.807) is 13.3 Å². The maximum absolute atomic E-state index is 5.70. The molecule has 2 fully saturated rings. The number of nitrogens with two attached hydrogens (primary N) is 1. The standard InChI is InChI=1S/C13H19N3O/c1-17-12-6-11(7-15-8-12)16-10(2-3-14)4-9-5-13(9)16/h6-10,13H,2-5,14H2,1H3. The molecule has 1 aromatic heterocycles. The molecule has 0 radical (unpaired) electrons. The summed E-state index contributed by atoms with van der Waals surface area (Å²) in [4.78, 5) is 6.76. The highest BCUT2D eigenvalue weighted by Crippen LogP contribution is 2.50. The van der Waals surface area contributed by atoms with E-state index >= 15 is 0 Å². The van der Waals surface area contributed by atoms with Crippen LogP contribution < -0.4 is 15.4 Å². The molecular weight excluding hydrogens is 214 g/mol. The van der Waals surface area contributed by atoms with Crippen LogP contribution in [-0.4, -0.2) is 30.7 Å². The molecule has 3 unspecified atom stereocenters. The fourth-order valence-corrected chi connectivity index (χ4v) is 3.07. The molecule has 1 saturated heterocycles. The maximum atomic E-state index is 5.70. The number of ether oxygens (including phenoxy) is 1. The predicted molar refractivity (Wildman–Crippen MR) is 67.2 cm³/mol. The van der Waals surface area contributed by atoms with Crippen LogP contribution in [-0.2, 0) is 0 Å². The van der Waals surface area contributed by atoms with Crippen LogP contribution >= 0.6 is 0 Å². The number of anilines is 1. The number of methoxy groups -OCH3 is 1. The van der Waals surface area contributed by atoms with Crippen molar-refractivity contribution in [1.82, 2.24) is 4.98 Å². The van der Waals surface area contributed by atoms with Crippen molar-refractivity contribution in [1.29, 1.82) is 0 Å². The lowest BCUT2D eigenvalue weighted by Gasteiger charge is -2.29. The van der Waals surface area contributed by atoms with Gasteiger partial charge in [0, 0.05) is 18.2 Å². The maximum Gasteiger partial charge on any atom is 0.139 e. The first-order valence-corrected chi connectivity index (χ1v) is 6.31. The first-order valence-electron chi connectivity index (χ1n) is 6.31. The highest BCUT2D eigenvalue weighted by atomic mass is 16.5. The lowest BCUT2D eigenvalue weighted by atomic mass is 10.1. The summed E-state index contributed by atoms with van der Waals surface area (Å²) in [7, 11) is 1.68. The van der Waals surface area contributed by atoms with Gasteiger partial charge in [-0.3, -0.25) is 4.98 Å². The van der Waals surface area contributed by atoms with Gasteiger partial charge in [0.1, 0.15) is 5.75 Å². The van der Waals surface area contributed by atoms with Crippen molar-refractivity contribution in [2.75, 3.05) is 18.6 Å². The van der Waals surface area contributed by atoms with E-state index in [0.717, 1.165) is 30.7 Å².